The number of hydrogen-bond acceptors (Lipinski definition) is 1. The van der Waals surface area contributed by atoms with Crippen LogP contribution in [0.2, 0.25) is 0 Å². The molecular formula is C10H15NS. The lowest BCUT2D eigenvalue weighted by Crippen LogP contribution is -2.45. The van der Waals surface area contributed by atoms with Crippen LogP contribution in [0.3, 0.4) is 0 Å². The lowest BCUT2D eigenvalue weighted by Gasteiger charge is -2.31. The highest BCUT2D eigenvalue weighted by molar-refractivity contribution is 7.80. The first-order valence-electron chi connectivity index (χ1n) is 4.32. The van der Waals surface area contributed by atoms with Gasteiger partial charge in [-0.15, -0.1) is 0 Å². The van der Waals surface area contributed by atoms with Crippen molar-refractivity contribution in [1.29, 1.82) is 0 Å². The van der Waals surface area contributed by atoms with Gasteiger partial charge in [-0.3, -0.25) is 0 Å². The lowest BCUT2D eigenvalue weighted by atomic mass is 9.88. The molecule has 1 atom stereocenters. The van der Waals surface area contributed by atoms with Crippen LogP contribution in [0.5, 0.6) is 0 Å². The summed E-state index contributed by atoms with van der Waals surface area (Å²) < 4.78 is 0. The minimum atomic E-state index is 0.0839. The van der Waals surface area contributed by atoms with E-state index in [0.29, 0.717) is 0 Å². The zero-order chi connectivity index (χ0) is 9.03. The van der Waals surface area contributed by atoms with Gasteiger partial charge in [0.05, 0.1) is 10.5 Å². The molecule has 1 N–H and O–H groups in total. The molecule has 0 spiro atoms. The molecule has 12 heavy (non-hydrogen) atoms. The van der Waals surface area contributed by atoms with E-state index in [-0.39, 0.29) is 5.54 Å². The minimum absolute atomic E-state index is 0.0839. The first-order valence-corrected chi connectivity index (χ1v) is 4.72. The van der Waals surface area contributed by atoms with Crippen LogP contribution in [0, 0.1) is 0 Å². The van der Waals surface area contributed by atoms with E-state index < -0.39 is 0 Å². The predicted molar refractivity (Wildman–Crippen MR) is 57.3 cm³/mol. The van der Waals surface area contributed by atoms with Gasteiger partial charge in [0.2, 0.25) is 0 Å². The van der Waals surface area contributed by atoms with E-state index in [1.54, 1.807) is 0 Å². The second kappa shape index (κ2) is 3.85. The van der Waals surface area contributed by atoms with Crippen LogP contribution < -0.4 is 5.32 Å². The van der Waals surface area contributed by atoms with Gasteiger partial charge in [0.1, 0.15) is 0 Å². The summed E-state index contributed by atoms with van der Waals surface area (Å²) in [6.45, 7) is 4.10. The van der Waals surface area contributed by atoms with Gasteiger partial charge in [0.25, 0.3) is 0 Å². The van der Waals surface area contributed by atoms with Gasteiger partial charge >= 0.3 is 0 Å². The van der Waals surface area contributed by atoms with Crippen molar-refractivity contribution < 1.29 is 0 Å². The van der Waals surface area contributed by atoms with Gasteiger partial charge in [0.15, 0.2) is 0 Å². The van der Waals surface area contributed by atoms with Crippen molar-refractivity contribution in [2.75, 3.05) is 0 Å². The molecule has 0 aromatic carbocycles. The monoisotopic (exact) mass is 181 g/mol. The molecule has 0 unspecified atom stereocenters. The molecule has 0 aromatic rings. The number of hydrogen-bond donors (Lipinski definition) is 1. The Morgan fingerprint density at radius 1 is 1.58 bits per heavy atom. The van der Waals surface area contributed by atoms with Crippen LogP contribution >= 0.6 is 12.2 Å². The maximum Gasteiger partial charge on any atom is 0.0728 e. The van der Waals surface area contributed by atoms with Gasteiger partial charge in [-0.25, -0.2) is 0 Å². The average molecular weight is 181 g/mol. The van der Waals surface area contributed by atoms with Crippen molar-refractivity contribution in [3.05, 3.63) is 24.3 Å². The van der Waals surface area contributed by atoms with Crippen LogP contribution in [0.1, 0.15) is 26.7 Å². The van der Waals surface area contributed by atoms with Gasteiger partial charge in [-0.2, -0.15) is 0 Å². The fourth-order valence-corrected chi connectivity index (χ4v) is 1.66. The van der Waals surface area contributed by atoms with E-state index in [4.69, 9.17) is 12.2 Å². The Kier molecular flexibility index (Phi) is 3.04. The fourth-order valence-electron chi connectivity index (χ4n) is 1.46. The summed E-state index contributed by atoms with van der Waals surface area (Å²) in [6.07, 6.45) is 10.6. The summed E-state index contributed by atoms with van der Waals surface area (Å²) in [5.41, 5.74) is 0.0839. The molecule has 0 aliphatic heterocycles. The molecular weight excluding hydrogens is 166 g/mol. The van der Waals surface area contributed by atoms with Crippen LogP contribution in [-0.2, 0) is 0 Å². The fraction of sp³-hybridized carbons (Fsp3) is 0.500. The first kappa shape index (κ1) is 9.46. The highest BCUT2D eigenvalue weighted by Crippen LogP contribution is 2.21. The molecule has 0 saturated heterocycles. The lowest BCUT2D eigenvalue weighted by molar-refractivity contribution is 0.460. The molecule has 0 saturated carbocycles. The third-order valence-corrected chi connectivity index (χ3v) is 2.30. The number of allylic oxidation sites excluding steroid dienone is 2. The largest absolute Gasteiger partial charge is 0.371 e. The molecule has 1 aliphatic carbocycles. The molecule has 0 aromatic heterocycles. The quantitative estimate of drug-likeness (QED) is 0.657. The Hall–Kier alpha value is -0.630. The van der Waals surface area contributed by atoms with E-state index in [0.717, 1.165) is 17.8 Å². The summed E-state index contributed by atoms with van der Waals surface area (Å²) in [4.78, 5) is 0.872. The van der Waals surface area contributed by atoms with Crippen molar-refractivity contribution >= 4 is 17.2 Å². The number of rotatable bonds is 2. The standard InChI is InChI=1S/C10H15NS/c1-3-10(11-9(2)12)7-5-4-6-8-10/h4-7H,3,8H2,1-2H3,(H,11,12)/t10-/m1/s1. The van der Waals surface area contributed by atoms with E-state index in [1.807, 2.05) is 6.92 Å². The average Bonchev–Trinajstić information content (AvgIpc) is 2.05. The molecule has 66 valence electrons. The van der Waals surface area contributed by atoms with Gasteiger partial charge in [0, 0.05) is 0 Å². The molecule has 1 rings (SSSR count). The van der Waals surface area contributed by atoms with Crippen LogP contribution in [-0.4, -0.2) is 10.5 Å². The second-order valence-electron chi connectivity index (χ2n) is 3.18. The SMILES string of the molecule is CC[C@@]1(NC(C)=S)C=CC=CC1. The topological polar surface area (TPSA) is 12.0 Å². The minimum Gasteiger partial charge on any atom is -0.371 e. The molecule has 0 fully saturated rings. The third-order valence-electron chi connectivity index (χ3n) is 2.20. The Morgan fingerprint density at radius 3 is 2.75 bits per heavy atom. The van der Waals surface area contributed by atoms with Crippen LogP contribution in [0.15, 0.2) is 24.3 Å². The van der Waals surface area contributed by atoms with Crippen molar-refractivity contribution in [3.8, 4) is 0 Å². The Morgan fingerprint density at radius 2 is 2.33 bits per heavy atom. The first-order chi connectivity index (χ1) is 5.68. The Labute approximate surface area is 79.5 Å². The zero-order valence-corrected chi connectivity index (χ0v) is 8.45. The third kappa shape index (κ3) is 2.18. The normalized spacial score (nSPS) is 27.2. The van der Waals surface area contributed by atoms with Crippen molar-refractivity contribution in [2.24, 2.45) is 0 Å². The zero-order valence-electron chi connectivity index (χ0n) is 7.63. The summed E-state index contributed by atoms with van der Waals surface area (Å²) in [5.74, 6) is 0. The van der Waals surface area contributed by atoms with Crippen molar-refractivity contribution in [3.63, 3.8) is 0 Å². The summed E-state index contributed by atoms with van der Waals surface area (Å²) in [7, 11) is 0. The highest BCUT2D eigenvalue weighted by Gasteiger charge is 2.23. The van der Waals surface area contributed by atoms with E-state index >= 15 is 0 Å². The number of thiocarbonyl (C=S) groups is 1. The molecule has 0 amide bonds. The Bertz CT molecular complexity index is 230. The highest BCUT2D eigenvalue weighted by atomic mass is 32.1. The van der Waals surface area contributed by atoms with Gasteiger partial charge in [-0.1, -0.05) is 43.4 Å². The molecule has 1 aliphatic rings. The van der Waals surface area contributed by atoms with Crippen LogP contribution in [0.4, 0.5) is 0 Å². The smallest absolute Gasteiger partial charge is 0.0728 e. The maximum absolute atomic E-state index is 5.05. The molecule has 2 heteroatoms. The van der Waals surface area contributed by atoms with E-state index in [2.05, 4.69) is 36.5 Å². The van der Waals surface area contributed by atoms with Crippen LogP contribution in [0.25, 0.3) is 0 Å². The summed E-state index contributed by atoms with van der Waals surface area (Å²) in [5, 5.41) is 3.34. The molecule has 0 bridgehead atoms. The maximum atomic E-state index is 5.05. The summed E-state index contributed by atoms with van der Waals surface area (Å²) in [6, 6.07) is 0. The molecule has 1 nitrogen and oxygen atoms in total. The molecule has 0 radical (unpaired) electrons. The van der Waals surface area contributed by atoms with Crippen molar-refractivity contribution in [1.82, 2.24) is 5.32 Å². The van der Waals surface area contributed by atoms with E-state index in [9.17, 15) is 0 Å². The van der Waals surface area contributed by atoms with Crippen molar-refractivity contribution in [2.45, 2.75) is 32.2 Å². The molecule has 0 heterocycles. The summed E-state index contributed by atoms with van der Waals surface area (Å²) >= 11 is 5.05. The second-order valence-corrected chi connectivity index (χ2v) is 3.79. The number of nitrogens with one attached hydrogen (secondary N) is 1. The van der Waals surface area contributed by atoms with Gasteiger partial charge in [-0.05, 0) is 19.8 Å². The Balaban J connectivity index is 2.69. The van der Waals surface area contributed by atoms with Gasteiger partial charge < -0.3 is 5.32 Å². The van der Waals surface area contributed by atoms with E-state index in [1.165, 1.54) is 0 Å². The predicted octanol–water partition coefficient (Wildman–Crippen LogP) is 2.59.